The van der Waals surface area contributed by atoms with E-state index in [9.17, 15) is 4.79 Å². The Morgan fingerprint density at radius 2 is 2.45 bits per heavy atom. The predicted octanol–water partition coefficient (Wildman–Crippen LogP) is 0.103. The second-order valence-corrected chi connectivity index (χ2v) is 3.32. The van der Waals surface area contributed by atoms with E-state index in [0.717, 1.165) is 4.88 Å². The third kappa shape index (κ3) is 2.32. The lowest BCUT2D eigenvalue weighted by molar-refractivity contribution is -0.119. The quantitative estimate of drug-likeness (QED) is 0.675. The summed E-state index contributed by atoms with van der Waals surface area (Å²) in [5, 5.41) is 1.95. The van der Waals surface area contributed by atoms with Gasteiger partial charge in [0, 0.05) is 11.3 Å². The number of hydrogen-bond acceptors (Lipinski definition) is 3. The molecule has 4 N–H and O–H groups in total. The van der Waals surface area contributed by atoms with Gasteiger partial charge in [-0.3, -0.25) is 4.79 Å². The zero-order chi connectivity index (χ0) is 8.27. The third-order valence-electron chi connectivity index (χ3n) is 1.37. The molecule has 0 bridgehead atoms. The molecule has 0 spiro atoms. The zero-order valence-corrected chi connectivity index (χ0v) is 6.80. The van der Waals surface area contributed by atoms with E-state index in [1.165, 1.54) is 0 Å². The summed E-state index contributed by atoms with van der Waals surface area (Å²) in [4.78, 5) is 11.6. The zero-order valence-electron chi connectivity index (χ0n) is 5.99. The van der Waals surface area contributed by atoms with Crippen molar-refractivity contribution in [2.75, 3.05) is 0 Å². The molecule has 1 aromatic heterocycles. The molecule has 60 valence electrons. The molecule has 11 heavy (non-hydrogen) atoms. The molecule has 0 radical (unpaired) electrons. The molecule has 0 saturated heterocycles. The van der Waals surface area contributed by atoms with Gasteiger partial charge in [-0.2, -0.15) is 0 Å². The Balaban J connectivity index is 2.50. The van der Waals surface area contributed by atoms with Crippen molar-refractivity contribution in [2.45, 2.75) is 12.5 Å². The van der Waals surface area contributed by atoms with Crippen molar-refractivity contribution >= 4 is 17.2 Å². The van der Waals surface area contributed by atoms with Crippen LogP contribution in [0.4, 0.5) is 0 Å². The van der Waals surface area contributed by atoms with Gasteiger partial charge in [0.25, 0.3) is 0 Å². The minimum absolute atomic E-state index is 0.446. The summed E-state index contributed by atoms with van der Waals surface area (Å²) >= 11 is 1.58. The van der Waals surface area contributed by atoms with Crippen LogP contribution in [0, 0.1) is 0 Å². The van der Waals surface area contributed by atoms with Gasteiger partial charge in [0.15, 0.2) is 0 Å². The van der Waals surface area contributed by atoms with Crippen molar-refractivity contribution in [2.24, 2.45) is 11.5 Å². The number of carbonyl (C=O) groups is 1. The van der Waals surface area contributed by atoms with Gasteiger partial charge in [-0.15, -0.1) is 11.3 Å². The molecule has 0 aliphatic rings. The van der Waals surface area contributed by atoms with E-state index < -0.39 is 11.9 Å². The Labute approximate surface area is 69.0 Å². The molecule has 1 atom stereocenters. The van der Waals surface area contributed by atoms with Gasteiger partial charge in [0.1, 0.15) is 0 Å². The van der Waals surface area contributed by atoms with Crippen LogP contribution < -0.4 is 11.5 Å². The number of hydrogen-bond donors (Lipinski definition) is 2. The van der Waals surface area contributed by atoms with Crippen LogP contribution in [-0.2, 0) is 11.2 Å². The van der Waals surface area contributed by atoms with Crippen LogP contribution in [0.1, 0.15) is 4.88 Å². The first-order chi connectivity index (χ1) is 5.20. The van der Waals surface area contributed by atoms with Gasteiger partial charge < -0.3 is 11.5 Å². The van der Waals surface area contributed by atoms with Gasteiger partial charge in [-0.25, -0.2) is 0 Å². The molecule has 1 aromatic rings. The summed E-state index contributed by atoms with van der Waals surface area (Å²) in [5.74, 6) is -0.446. The van der Waals surface area contributed by atoms with Crippen LogP contribution in [0.25, 0.3) is 0 Å². The molecule has 4 heteroatoms. The van der Waals surface area contributed by atoms with E-state index in [4.69, 9.17) is 11.5 Å². The molecular weight excluding hydrogens is 160 g/mol. The van der Waals surface area contributed by atoms with E-state index in [1.54, 1.807) is 11.3 Å². The maximum atomic E-state index is 10.5. The largest absolute Gasteiger partial charge is 0.368 e. The average molecular weight is 170 g/mol. The van der Waals surface area contributed by atoms with Crippen LogP contribution in [0.5, 0.6) is 0 Å². The van der Waals surface area contributed by atoms with Crippen LogP contribution in [0.15, 0.2) is 17.5 Å². The molecule has 0 aromatic carbocycles. The summed E-state index contributed by atoms with van der Waals surface area (Å²) in [5.41, 5.74) is 10.4. The summed E-state index contributed by atoms with van der Waals surface area (Å²) < 4.78 is 0. The highest BCUT2D eigenvalue weighted by Crippen LogP contribution is 2.09. The highest BCUT2D eigenvalue weighted by Gasteiger charge is 2.09. The molecule has 0 aliphatic carbocycles. The summed E-state index contributed by atoms with van der Waals surface area (Å²) in [6, 6.07) is 3.31. The molecule has 0 saturated carbocycles. The van der Waals surface area contributed by atoms with Crippen LogP contribution >= 0.6 is 11.3 Å². The predicted molar refractivity (Wildman–Crippen MR) is 45.2 cm³/mol. The first-order valence-corrected chi connectivity index (χ1v) is 4.15. The van der Waals surface area contributed by atoms with Crippen LogP contribution in [0.2, 0.25) is 0 Å². The lowest BCUT2D eigenvalue weighted by atomic mass is 10.2. The summed E-state index contributed by atoms with van der Waals surface area (Å²) in [7, 11) is 0. The molecule has 1 amide bonds. The monoisotopic (exact) mass is 170 g/mol. The van der Waals surface area contributed by atoms with E-state index in [0.29, 0.717) is 6.42 Å². The van der Waals surface area contributed by atoms with Crippen LogP contribution in [-0.4, -0.2) is 11.9 Å². The third-order valence-corrected chi connectivity index (χ3v) is 2.27. The SMILES string of the molecule is NC(=O)[C@@H](N)Cc1cccs1. The van der Waals surface area contributed by atoms with Crippen molar-refractivity contribution in [3.05, 3.63) is 22.4 Å². The lowest BCUT2D eigenvalue weighted by Crippen LogP contribution is -2.37. The normalized spacial score (nSPS) is 12.8. The van der Waals surface area contributed by atoms with E-state index >= 15 is 0 Å². The number of carbonyl (C=O) groups excluding carboxylic acids is 1. The molecule has 3 nitrogen and oxygen atoms in total. The summed E-state index contributed by atoms with van der Waals surface area (Å²) in [6.45, 7) is 0. The second kappa shape index (κ2) is 3.50. The Kier molecular flexibility index (Phi) is 2.62. The first-order valence-electron chi connectivity index (χ1n) is 3.27. The fraction of sp³-hybridized carbons (Fsp3) is 0.286. The van der Waals surface area contributed by atoms with Crippen molar-refractivity contribution in [1.29, 1.82) is 0 Å². The first kappa shape index (κ1) is 8.23. The van der Waals surface area contributed by atoms with Crippen molar-refractivity contribution < 1.29 is 4.79 Å². The molecule has 0 unspecified atom stereocenters. The average Bonchev–Trinajstić information content (AvgIpc) is 2.39. The van der Waals surface area contributed by atoms with Crippen LogP contribution in [0.3, 0.4) is 0 Å². The van der Waals surface area contributed by atoms with Gasteiger partial charge in [0.2, 0.25) is 5.91 Å². The number of rotatable bonds is 3. The van der Waals surface area contributed by atoms with Crippen molar-refractivity contribution in [1.82, 2.24) is 0 Å². The molecule has 1 rings (SSSR count). The number of primary amides is 1. The minimum Gasteiger partial charge on any atom is -0.368 e. The smallest absolute Gasteiger partial charge is 0.234 e. The minimum atomic E-state index is -0.548. The Hall–Kier alpha value is -0.870. The molecule has 1 heterocycles. The molecular formula is C7H10N2OS. The van der Waals surface area contributed by atoms with Crippen molar-refractivity contribution in [3.8, 4) is 0 Å². The maximum absolute atomic E-state index is 10.5. The fourth-order valence-electron chi connectivity index (χ4n) is 0.746. The molecule has 0 fully saturated rings. The van der Waals surface area contributed by atoms with Crippen molar-refractivity contribution in [3.63, 3.8) is 0 Å². The highest BCUT2D eigenvalue weighted by molar-refractivity contribution is 7.09. The lowest BCUT2D eigenvalue weighted by Gasteiger charge is -2.03. The van der Waals surface area contributed by atoms with Gasteiger partial charge in [-0.1, -0.05) is 6.07 Å². The second-order valence-electron chi connectivity index (χ2n) is 2.29. The van der Waals surface area contributed by atoms with Gasteiger partial charge in [-0.05, 0) is 11.4 Å². The van der Waals surface area contributed by atoms with Gasteiger partial charge >= 0.3 is 0 Å². The van der Waals surface area contributed by atoms with E-state index in [-0.39, 0.29) is 0 Å². The Morgan fingerprint density at radius 3 is 2.91 bits per heavy atom. The van der Waals surface area contributed by atoms with E-state index in [2.05, 4.69) is 0 Å². The fourth-order valence-corrected chi connectivity index (χ4v) is 1.51. The van der Waals surface area contributed by atoms with Gasteiger partial charge in [0.05, 0.1) is 6.04 Å². The van der Waals surface area contributed by atoms with E-state index in [1.807, 2.05) is 17.5 Å². The maximum Gasteiger partial charge on any atom is 0.234 e. The molecule has 0 aliphatic heterocycles. The standard InChI is InChI=1S/C7H10N2OS/c8-6(7(9)10)4-5-2-1-3-11-5/h1-3,6H,4,8H2,(H2,9,10)/t6-/m0/s1. The number of thiophene rings is 1. The summed E-state index contributed by atoms with van der Waals surface area (Å²) in [6.07, 6.45) is 0.549. The topological polar surface area (TPSA) is 69.1 Å². The number of nitrogens with two attached hydrogens (primary N) is 2. The Bertz CT molecular complexity index is 233. The number of amides is 1. The Morgan fingerprint density at radius 1 is 1.73 bits per heavy atom. The highest BCUT2D eigenvalue weighted by atomic mass is 32.1.